The highest BCUT2D eigenvalue weighted by molar-refractivity contribution is 4.77. The van der Waals surface area contributed by atoms with Gasteiger partial charge in [-0.05, 0) is 36.5 Å². The molecule has 0 aliphatic heterocycles. The van der Waals surface area contributed by atoms with Crippen molar-refractivity contribution in [3.63, 3.8) is 0 Å². The molecule has 0 heteroatoms. The predicted octanol–water partition coefficient (Wildman–Crippen LogP) is 3.71. The van der Waals surface area contributed by atoms with Gasteiger partial charge in [0.25, 0.3) is 0 Å². The molecule has 1 saturated carbocycles. The van der Waals surface area contributed by atoms with Gasteiger partial charge in [0.15, 0.2) is 0 Å². The van der Waals surface area contributed by atoms with E-state index >= 15 is 0 Å². The summed E-state index contributed by atoms with van der Waals surface area (Å²) in [6.45, 7) is 9.57. The Morgan fingerprint density at radius 2 is 1.73 bits per heavy atom. The molecule has 3 atom stereocenters. The highest BCUT2D eigenvalue weighted by atomic mass is 14.3. The highest BCUT2D eigenvalue weighted by Crippen LogP contribution is 2.37. The van der Waals surface area contributed by atoms with Crippen molar-refractivity contribution >= 4 is 0 Å². The zero-order valence-electron chi connectivity index (χ0n) is 8.43. The average Bonchev–Trinajstić information content (AvgIpc) is 1.85. The number of hydrogen-bond donors (Lipinski definition) is 0. The third kappa shape index (κ3) is 2.21. The van der Waals surface area contributed by atoms with Gasteiger partial charge in [-0.25, -0.2) is 0 Å². The van der Waals surface area contributed by atoms with Crippen LogP contribution in [0.1, 0.15) is 47.0 Å². The summed E-state index contributed by atoms with van der Waals surface area (Å²) >= 11 is 0. The van der Waals surface area contributed by atoms with Crippen LogP contribution in [0.15, 0.2) is 0 Å². The van der Waals surface area contributed by atoms with Crippen LogP contribution in [0.2, 0.25) is 0 Å². The fraction of sp³-hybridized carbons (Fsp3) is 1.00. The van der Waals surface area contributed by atoms with Crippen LogP contribution in [0.3, 0.4) is 0 Å². The lowest BCUT2D eigenvalue weighted by molar-refractivity contribution is 0.158. The van der Waals surface area contributed by atoms with E-state index in [0.29, 0.717) is 0 Å². The van der Waals surface area contributed by atoms with Gasteiger partial charge < -0.3 is 0 Å². The molecule has 0 heterocycles. The Morgan fingerprint density at radius 1 is 1.09 bits per heavy atom. The van der Waals surface area contributed by atoms with Crippen molar-refractivity contribution in [2.75, 3.05) is 0 Å². The molecule has 0 nitrogen and oxygen atoms in total. The molecule has 0 unspecified atom stereocenters. The van der Waals surface area contributed by atoms with E-state index in [4.69, 9.17) is 0 Å². The van der Waals surface area contributed by atoms with E-state index < -0.39 is 0 Å². The highest BCUT2D eigenvalue weighted by Gasteiger charge is 2.26. The second kappa shape index (κ2) is 3.60. The molecule has 1 fully saturated rings. The molecular formula is C11H22. The van der Waals surface area contributed by atoms with Crippen LogP contribution in [-0.2, 0) is 0 Å². The minimum absolute atomic E-state index is 0.900. The standard InChI is InChI=1S/C11H22/c1-8(2)11-6-5-9(3)7-10(11)4/h8-11H,5-7H2,1-4H3/t9-,10+,11-/m0/s1. The maximum atomic E-state index is 2.43. The van der Waals surface area contributed by atoms with Crippen LogP contribution in [0, 0.1) is 23.7 Å². The van der Waals surface area contributed by atoms with Crippen LogP contribution in [0.25, 0.3) is 0 Å². The molecule has 1 aliphatic rings. The minimum atomic E-state index is 0.900. The molecule has 0 radical (unpaired) electrons. The normalized spacial score (nSPS) is 39.5. The van der Waals surface area contributed by atoms with Crippen molar-refractivity contribution in [2.24, 2.45) is 23.7 Å². The second-order valence-electron chi connectivity index (χ2n) is 4.80. The predicted molar refractivity (Wildman–Crippen MR) is 50.5 cm³/mol. The summed E-state index contributed by atoms with van der Waals surface area (Å²) in [4.78, 5) is 0. The quantitative estimate of drug-likeness (QED) is 0.540. The lowest BCUT2D eigenvalue weighted by Crippen LogP contribution is -2.25. The Hall–Kier alpha value is 0. The molecule has 1 rings (SSSR count). The van der Waals surface area contributed by atoms with Crippen molar-refractivity contribution in [3.05, 3.63) is 0 Å². The molecule has 0 saturated heterocycles. The van der Waals surface area contributed by atoms with Crippen molar-refractivity contribution in [1.82, 2.24) is 0 Å². The molecule has 0 bridgehead atoms. The molecule has 66 valence electrons. The number of rotatable bonds is 1. The summed E-state index contributed by atoms with van der Waals surface area (Å²) in [5.41, 5.74) is 0. The van der Waals surface area contributed by atoms with E-state index in [1.807, 2.05) is 0 Å². The van der Waals surface area contributed by atoms with Gasteiger partial charge in [0.2, 0.25) is 0 Å². The summed E-state index contributed by atoms with van der Waals surface area (Å²) in [5.74, 6) is 3.86. The third-order valence-corrected chi connectivity index (χ3v) is 3.35. The fourth-order valence-electron chi connectivity index (χ4n) is 2.68. The molecule has 11 heavy (non-hydrogen) atoms. The first kappa shape index (κ1) is 9.09. The first-order valence-electron chi connectivity index (χ1n) is 5.11. The van der Waals surface area contributed by atoms with Crippen LogP contribution in [0.5, 0.6) is 0 Å². The molecule has 0 N–H and O–H groups in total. The minimum Gasteiger partial charge on any atom is -0.0625 e. The van der Waals surface area contributed by atoms with Gasteiger partial charge >= 0.3 is 0 Å². The average molecular weight is 154 g/mol. The van der Waals surface area contributed by atoms with Crippen molar-refractivity contribution in [3.8, 4) is 0 Å². The summed E-state index contributed by atoms with van der Waals surface area (Å²) in [6.07, 6.45) is 4.40. The Kier molecular flexibility index (Phi) is 2.98. The van der Waals surface area contributed by atoms with E-state index in [2.05, 4.69) is 27.7 Å². The van der Waals surface area contributed by atoms with Gasteiger partial charge in [0.05, 0.1) is 0 Å². The van der Waals surface area contributed by atoms with Crippen molar-refractivity contribution < 1.29 is 0 Å². The van der Waals surface area contributed by atoms with Crippen LogP contribution in [0.4, 0.5) is 0 Å². The van der Waals surface area contributed by atoms with Gasteiger partial charge in [-0.15, -0.1) is 0 Å². The number of hydrogen-bond acceptors (Lipinski definition) is 0. The van der Waals surface area contributed by atoms with E-state index in [1.165, 1.54) is 19.3 Å². The SMILES string of the molecule is CC(C)[C@@H]1CC[C@H](C)C[C@H]1C. The Bertz CT molecular complexity index is 115. The van der Waals surface area contributed by atoms with Gasteiger partial charge in [0.1, 0.15) is 0 Å². The van der Waals surface area contributed by atoms with Crippen LogP contribution in [-0.4, -0.2) is 0 Å². The Balaban J connectivity index is 2.44. The Labute approximate surface area is 71.4 Å². The maximum Gasteiger partial charge on any atom is -0.0365 e. The van der Waals surface area contributed by atoms with Crippen LogP contribution >= 0.6 is 0 Å². The molecule has 0 aromatic heterocycles. The van der Waals surface area contributed by atoms with Crippen molar-refractivity contribution in [1.29, 1.82) is 0 Å². The molecule has 1 aliphatic carbocycles. The van der Waals surface area contributed by atoms with Gasteiger partial charge in [-0.2, -0.15) is 0 Å². The van der Waals surface area contributed by atoms with Gasteiger partial charge in [-0.3, -0.25) is 0 Å². The summed E-state index contributed by atoms with van der Waals surface area (Å²) < 4.78 is 0. The van der Waals surface area contributed by atoms with Crippen LogP contribution < -0.4 is 0 Å². The molecule has 0 spiro atoms. The van der Waals surface area contributed by atoms with Crippen molar-refractivity contribution in [2.45, 2.75) is 47.0 Å². The first-order chi connectivity index (χ1) is 5.11. The zero-order valence-corrected chi connectivity index (χ0v) is 8.43. The molecular weight excluding hydrogens is 132 g/mol. The monoisotopic (exact) mass is 154 g/mol. The van der Waals surface area contributed by atoms with E-state index in [-0.39, 0.29) is 0 Å². The smallest absolute Gasteiger partial charge is 0.0365 e. The summed E-state index contributed by atoms with van der Waals surface area (Å²) in [5, 5.41) is 0. The maximum absolute atomic E-state index is 2.43. The van der Waals surface area contributed by atoms with E-state index in [0.717, 1.165) is 23.7 Å². The molecule has 0 aromatic carbocycles. The lowest BCUT2D eigenvalue weighted by atomic mass is 9.71. The summed E-state index contributed by atoms with van der Waals surface area (Å²) in [7, 11) is 0. The lowest BCUT2D eigenvalue weighted by Gasteiger charge is -2.35. The summed E-state index contributed by atoms with van der Waals surface area (Å²) in [6, 6.07) is 0. The van der Waals surface area contributed by atoms with E-state index in [9.17, 15) is 0 Å². The van der Waals surface area contributed by atoms with Gasteiger partial charge in [-0.1, -0.05) is 34.1 Å². The molecule has 0 amide bonds. The third-order valence-electron chi connectivity index (χ3n) is 3.35. The second-order valence-corrected chi connectivity index (χ2v) is 4.80. The molecule has 0 aromatic rings. The first-order valence-corrected chi connectivity index (χ1v) is 5.11. The Morgan fingerprint density at radius 3 is 2.18 bits per heavy atom. The van der Waals surface area contributed by atoms with E-state index in [1.54, 1.807) is 0 Å². The van der Waals surface area contributed by atoms with Gasteiger partial charge in [0, 0.05) is 0 Å². The zero-order chi connectivity index (χ0) is 8.43. The fourth-order valence-corrected chi connectivity index (χ4v) is 2.68. The largest absolute Gasteiger partial charge is 0.0625 e. The topological polar surface area (TPSA) is 0 Å².